The lowest BCUT2D eigenvalue weighted by atomic mass is 10.2. The van der Waals surface area contributed by atoms with E-state index in [1.54, 1.807) is 24.3 Å². The molecule has 8 heteroatoms. The quantitative estimate of drug-likeness (QED) is 0.371. The molecule has 1 N–H and O–H groups in total. The molecule has 136 valence electrons. The minimum absolute atomic E-state index is 0.0572. The summed E-state index contributed by atoms with van der Waals surface area (Å²) in [7, 11) is 0. The molecule has 1 aromatic heterocycles. The molecule has 0 amide bonds. The minimum atomic E-state index is -0.0572. The highest BCUT2D eigenvalue weighted by atomic mass is 16.5. The summed E-state index contributed by atoms with van der Waals surface area (Å²) in [6.45, 7) is 3.56. The Balaban J connectivity index is 1.42. The molecule has 1 heterocycles. The predicted molar refractivity (Wildman–Crippen MR) is 95.6 cm³/mol. The van der Waals surface area contributed by atoms with E-state index < -0.39 is 0 Å². The summed E-state index contributed by atoms with van der Waals surface area (Å²) < 4.78 is 11.6. The van der Waals surface area contributed by atoms with Gasteiger partial charge in [-0.3, -0.25) is 5.32 Å². The van der Waals surface area contributed by atoms with Gasteiger partial charge < -0.3 is 19.9 Å². The number of rotatable bonds is 8. The van der Waals surface area contributed by atoms with Crippen LogP contribution in [-0.2, 0) is 4.74 Å². The van der Waals surface area contributed by atoms with Gasteiger partial charge in [0.25, 0.3) is 5.52 Å². The molecule has 2 aromatic carbocycles. The number of aryl methyl sites for hydroxylation is 1. The maximum absolute atomic E-state index is 12.2. The number of para-hydroxylation sites is 2. The molecule has 0 fully saturated rings. The van der Waals surface area contributed by atoms with Crippen molar-refractivity contribution in [2.45, 2.75) is 6.92 Å². The Hall–Kier alpha value is -3.13. The molecular weight excluding hydrogens is 336 g/mol. The number of fused-ring (bicyclic) bond motifs is 1. The molecule has 0 spiro atoms. The monoisotopic (exact) mass is 356 g/mol. The number of ether oxygens (including phenoxy) is 2. The number of benzene rings is 2. The molecule has 0 aliphatic rings. The summed E-state index contributed by atoms with van der Waals surface area (Å²) in [6.07, 6.45) is 0. The summed E-state index contributed by atoms with van der Waals surface area (Å²) in [5.41, 5.74) is 1.65. The van der Waals surface area contributed by atoms with Gasteiger partial charge in [-0.2, -0.15) is 0 Å². The number of aromatic nitrogens is 3. The van der Waals surface area contributed by atoms with Crippen LogP contribution < -0.4 is 19.6 Å². The Morgan fingerprint density at radius 1 is 0.962 bits per heavy atom. The molecule has 0 aliphatic carbocycles. The Morgan fingerprint density at radius 2 is 1.69 bits per heavy atom. The molecule has 3 aromatic rings. The largest absolute Gasteiger partial charge is 0.739 e. The lowest BCUT2D eigenvalue weighted by Crippen LogP contribution is -2.44. The zero-order valence-corrected chi connectivity index (χ0v) is 14.4. The second kappa shape index (κ2) is 8.30. The van der Waals surface area contributed by atoms with Gasteiger partial charge in [0, 0.05) is 10.9 Å². The van der Waals surface area contributed by atoms with Gasteiger partial charge >= 0.3 is 5.95 Å². The van der Waals surface area contributed by atoms with Crippen LogP contribution in [0.3, 0.4) is 0 Å². The van der Waals surface area contributed by atoms with Gasteiger partial charge in [0.15, 0.2) is 5.52 Å². The second-order valence-electron chi connectivity index (χ2n) is 5.68. The van der Waals surface area contributed by atoms with Crippen molar-refractivity contribution >= 4 is 17.0 Å². The second-order valence-corrected chi connectivity index (χ2v) is 5.68. The average molecular weight is 356 g/mol. The number of hydrogen-bond acceptors (Lipinski definition) is 6. The zero-order chi connectivity index (χ0) is 18.4. The van der Waals surface area contributed by atoms with E-state index in [0.29, 0.717) is 35.9 Å². The highest BCUT2D eigenvalue weighted by molar-refractivity contribution is 5.67. The first-order valence-corrected chi connectivity index (χ1v) is 8.28. The van der Waals surface area contributed by atoms with Crippen LogP contribution in [0.2, 0.25) is 0 Å². The van der Waals surface area contributed by atoms with E-state index in [1.807, 2.05) is 31.2 Å². The topological polar surface area (TPSA) is 97.3 Å². The van der Waals surface area contributed by atoms with E-state index >= 15 is 0 Å². The number of hydrogen-bond donors (Lipinski definition) is 1. The molecule has 26 heavy (non-hydrogen) atoms. The summed E-state index contributed by atoms with van der Waals surface area (Å²) >= 11 is 0. The van der Waals surface area contributed by atoms with E-state index in [0.717, 1.165) is 5.75 Å². The van der Waals surface area contributed by atoms with Crippen molar-refractivity contribution in [2.24, 2.45) is 0 Å². The Kier molecular flexibility index (Phi) is 5.65. The van der Waals surface area contributed by atoms with Crippen molar-refractivity contribution in [2.75, 3.05) is 31.7 Å². The molecule has 0 saturated heterocycles. The maximum atomic E-state index is 12.2. The molecule has 0 unspecified atom stereocenters. The predicted octanol–water partition coefficient (Wildman–Crippen LogP) is 1.32. The Morgan fingerprint density at radius 3 is 2.46 bits per heavy atom. The summed E-state index contributed by atoms with van der Waals surface area (Å²) in [5, 5.41) is 30.6. The fourth-order valence-corrected chi connectivity index (χ4v) is 2.39. The van der Waals surface area contributed by atoms with Crippen LogP contribution in [0.4, 0.5) is 5.95 Å². The van der Waals surface area contributed by atoms with Crippen LogP contribution in [0.5, 0.6) is 5.75 Å². The SMILES string of the molecule is Cc1ccc(OCCOCCNc2n[n+]([O-])c3ccccc3[n+]2[O-])cc1. The van der Waals surface area contributed by atoms with Crippen LogP contribution in [-0.4, -0.2) is 31.5 Å². The Bertz CT molecular complexity index is 871. The number of nitrogens with one attached hydrogen (secondary N) is 1. The minimum Gasteiger partial charge on any atom is -0.739 e. The summed E-state index contributed by atoms with van der Waals surface area (Å²) in [6, 6.07) is 14.3. The van der Waals surface area contributed by atoms with Crippen LogP contribution >= 0.6 is 0 Å². The molecular formula is C18H20N4O4. The van der Waals surface area contributed by atoms with Crippen molar-refractivity contribution in [1.82, 2.24) is 5.10 Å². The van der Waals surface area contributed by atoms with Gasteiger partial charge in [0.05, 0.1) is 19.8 Å². The van der Waals surface area contributed by atoms with Crippen molar-refractivity contribution in [3.63, 3.8) is 0 Å². The van der Waals surface area contributed by atoms with Gasteiger partial charge in [0.2, 0.25) is 5.10 Å². The van der Waals surface area contributed by atoms with E-state index in [4.69, 9.17) is 9.47 Å². The van der Waals surface area contributed by atoms with Crippen LogP contribution in [0, 0.1) is 17.3 Å². The van der Waals surface area contributed by atoms with E-state index in [9.17, 15) is 10.4 Å². The van der Waals surface area contributed by atoms with Gasteiger partial charge in [-0.05, 0) is 25.1 Å². The lowest BCUT2D eigenvalue weighted by Gasteiger charge is -2.10. The number of anilines is 1. The standard InChI is InChI=1S/C18H20N4O4/c1-14-6-8-15(9-7-14)26-13-12-25-11-10-19-18-20-22(24)17-5-3-2-4-16(17)21(18)23/h2-9H,10-13H2,1H3,(H,19,20). The highest BCUT2D eigenvalue weighted by Crippen LogP contribution is 2.11. The third kappa shape index (κ3) is 4.28. The van der Waals surface area contributed by atoms with Gasteiger partial charge in [-0.25, -0.2) is 4.73 Å². The first kappa shape index (κ1) is 17.7. The summed E-state index contributed by atoms with van der Waals surface area (Å²) in [4.78, 5) is 0.433. The van der Waals surface area contributed by atoms with Crippen molar-refractivity contribution < 1.29 is 19.0 Å². The van der Waals surface area contributed by atoms with Crippen molar-refractivity contribution in [3.8, 4) is 5.75 Å². The fourth-order valence-electron chi connectivity index (χ4n) is 2.39. The summed E-state index contributed by atoms with van der Waals surface area (Å²) in [5.74, 6) is 0.739. The normalized spacial score (nSPS) is 10.8. The zero-order valence-electron chi connectivity index (χ0n) is 14.4. The lowest BCUT2D eigenvalue weighted by molar-refractivity contribution is -0.672. The third-order valence-electron chi connectivity index (χ3n) is 3.73. The fraction of sp³-hybridized carbons (Fsp3) is 0.278. The molecule has 0 atom stereocenters. The van der Waals surface area contributed by atoms with Gasteiger partial charge in [-0.1, -0.05) is 29.8 Å². The van der Waals surface area contributed by atoms with Gasteiger partial charge in [-0.15, -0.1) is 0 Å². The molecule has 0 bridgehead atoms. The van der Waals surface area contributed by atoms with Crippen molar-refractivity contribution in [3.05, 3.63) is 64.5 Å². The highest BCUT2D eigenvalue weighted by Gasteiger charge is 2.18. The molecule has 3 rings (SSSR count). The third-order valence-corrected chi connectivity index (χ3v) is 3.73. The van der Waals surface area contributed by atoms with Crippen molar-refractivity contribution in [1.29, 1.82) is 0 Å². The molecule has 0 saturated carbocycles. The van der Waals surface area contributed by atoms with Crippen LogP contribution in [0.25, 0.3) is 11.0 Å². The van der Waals surface area contributed by atoms with Crippen LogP contribution in [0.15, 0.2) is 48.5 Å². The average Bonchev–Trinajstić information content (AvgIpc) is 2.66. The number of nitrogens with zero attached hydrogens (tertiary/aromatic N) is 3. The molecule has 0 radical (unpaired) electrons. The smallest absolute Gasteiger partial charge is 0.461 e. The molecule has 0 aliphatic heterocycles. The van der Waals surface area contributed by atoms with Gasteiger partial charge in [0.1, 0.15) is 12.4 Å². The van der Waals surface area contributed by atoms with Crippen LogP contribution in [0.1, 0.15) is 5.56 Å². The van der Waals surface area contributed by atoms with E-state index in [2.05, 4.69) is 10.4 Å². The first-order valence-electron chi connectivity index (χ1n) is 8.28. The molecule has 8 nitrogen and oxygen atoms in total. The van der Waals surface area contributed by atoms with E-state index in [-0.39, 0.29) is 17.0 Å². The van der Waals surface area contributed by atoms with E-state index in [1.165, 1.54) is 5.56 Å². The first-order chi connectivity index (χ1) is 12.6. The Labute approximate surface area is 150 Å². The maximum Gasteiger partial charge on any atom is 0.461 e.